The summed E-state index contributed by atoms with van der Waals surface area (Å²) in [6.45, 7) is 3.35. The molecule has 0 spiro atoms. The average molecular weight is 275 g/mol. The number of alkyl halides is 3. The van der Waals surface area contributed by atoms with Gasteiger partial charge in [-0.15, -0.1) is 0 Å². The zero-order valence-electron chi connectivity index (χ0n) is 11.5. The average Bonchev–Trinajstić information content (AvgIpc) is 2.35. The van der Waals surface area contributed by atoms with Gasteiger partial charge >= 0.3 is 6.18 Å². The van der Waals surface area contributed by atoms with Gasteiger partial charge in [0.25, 0.3) is 0 Å². The van der Waals surface area contributed by atoms with Gasteiger partial charge in [-0.05, 0) is 31.5 Å². The van der Waals surface area contributed by atoms with Crippen LogP contribution in [-0.2, 0) is 6.42 Å². The molecule has 1 aromatic carbocycles. The fourth-order valence-corrected chi connectivity index (χ4v) is 1.89. The number of hydrogen-bond acceptors (Lipinski definition) is 2. The molecule has 1 atom stereocenters. The highest BCUT2D eigenvalue weighted by molar-refractivity contribution is 5.35. The van der Waals surface area contributed by atoms with Gasteiger partial charge in [0.2, 0.25) is 0 Å². The van der Waals surface area contributed by atoms with Crippen molar-refractivity contribution in [1.82, 2.24) is 5.32 Å². The Balaban J connectivity index is 3.00. The van der Waals surface area contributed by atoms with Crippen LogP contribution in [0.15, 0.2) is 24.3 Å². The van der Waals surface area contributed by atoms with E-state index in [1.807, 2.05) is 6.92 Å². The van der Waals surface area contributed by atoms with Crippen molar-refractivity contribution in [2.75, 3.05) is 13.7 Å². The minimum absolute atomic E-state index is 0.152. The molecule has 0 heterocycles. The van der Waals surface area contributed by atoms with Gasteiger partial charge in [-0.2, -0.15) is 13.2 Å². The van der Waals surface area contributed by atoms with Crippen molar-refractivity contribution in [3.05, 3.63) is 29.8 Å². The second-order valence-corrected chi connectivity index (χ2v) is 4.75. The zero-order chi connectivity index (χ0) is 14.5. The van der Waals surface area contributed by atoms with E-state index in [4.69, 9.17) is 4.74 Å². The summed E-state index contributed by atoms with van der Waals surface area (Å²) >= 11 is 0. The van der Waals surface area contributed by atoms with E-state index in [-0.39, 0.29) is 6.42 Å². The van der Waals surface area contributed by atoms with Crippen molar-refractivity contribution in [2.24, 2.45) is 0 Å². The Kier molecular flexibility index (Phi) is 5.23. The molecule has 0 radical (unpaired) electrons. The van der Waals surface area contributed by atoms with Gasteiger partial charge < -0.3 is 10.1 Å². The van der Waals surface area contributed by atoms with Crippen molar-refractivity contribution in [3.8, 4) is 5.75 Å². The van der Waals surface area contributed by atoms with Crippen LogP contribution in [0.25, 0.3) is 0 Å². The van der Waals surface area contributed by atoms with E-state index in [1.54, 1.807) is 24.3 Å². The first-order valence-corrected chi connectivity index (χ1v) is 6.27. The van der Waals surface area contributed by atoms with Crippen LogP contribution < -0.4 is 10.1 Å². The van der Waals surface area contributed by atoms with Gasteiger partial charge in [0, 0.05) is 6.42 Å². The number of nitrogens with one attached hydrogen (secondary N) is 1. The molecule has 0 bridgehead atoms. The molecule has 5 heteroatoms. The minimum atomic E-state index is -4.32. The molecule has 2 nitrogen and oxygen atoms in total. The lowest BCUT2D eigenvalue weighted by Crippen LogP contribution is -2.56. The molecule has 1 aromatic rings. The lowest BCUT2D eigenvalue weighted by atomic mass is 9.91. The molecular weight excluding hydrogens is 255 g/mol. The minimum Gasteiger partial charge on any atom is -0.496 e. The molecule has 0 aliphatic heterocycles. The summed E-state index contributed by atoms with van der Waals surface area (Å²) in [6.07, 6.45) is -3.82. The molecule has 1 N–H and O–H groups in total. The van der Waals surface area contributed by atoms with Crippen molar-refractivity contribution >= 4 is 0 Å². The third-order valence-electron chi connectivity index (χ3n) is 3.13. The highest BCUT2D eigenvalue weighted by atomic mass is 19.4. The summed E-state index contributed by atoms with van der Waals surface area (Å²) in [5, 5.41) is 2.60. The number of rotatable bonds is 6. The topological polar surface area (TPSA) is 21.3 Å². The maximum absolute atomic E-state index is 13.2. The van der Waals surface area contributed by atoms with Gasteiger partial charge in [0.05, 0.1) is 7.11 Å². The van der Waals surface area contributed by atoms with Crippen LogP contribution in [0, 0.1) is 0 Å². The molecular formula is C14H20F3NO. The maximum Gasteiger partial charge on any atom is 0.406 e. The predicted octanol–water partition coefficient (Wildman–Crippen LogP) is 3.56. The summed E-state index contributed by atoms with van der Waals surface area (Å²) in [4.78, 5) is 0. The standard InChI is InChI=1S/C14H20F3NO/c1-4-9-18-13(2,14(15,16)17)10-11-7-5-6-8-12(11)19-3/h5-8,18H,4,9-10H2,1-3H3. The summed E-state index contributed by atoms with van der Waals surface area (Å²) in [5.41, 5.74) is -1.40. The Morgan fingerprint density at radius 3 is 2.37 bits per heavy atom. The Morgan fingerprint density at radius 2 is 1.84 bits per heavy atom. The number of benzene rings is 1. The van der Waals surface area contributed by atoms with Crippen molar-refractivity contribution in [2.45, 2.75) is 38.4 Å². The molecule has 0 saturated carbocycles. The molecule has 1 rings (SSSR count). The highest BCUT2D eigenvalue weighted by Crippen LogP contribution is 2.35. The van der Waals surface area contributed by atoms with Crippen LogP contribution in [-0.4, -0.2) is 25.4 Å². The first kappa shape index (κ1) is 15.8. The van der Waals surface area contributed by atoms with Gasteiger partial charge in [0.1, 0.15) is 11.3 Å². The van der Waals surface area contributed by atoms with E-state index < -0.39 is 11.7 Å². The molecule has 0 aliphatic rings. The van der Waals surface area contributed by atoms with Crippen LogP contribution in [0.1, 0.15) is 25.8 Å². The third-order valence-corrected chi connectivity index (χ3v) is 3.13. The molecule has 0 amide bonds. The fraction of sp³-hybridized carbons (Fsp3) is 0.571. The van der Waals surface area contributed by atoms with Gasteiger partial charge in [-0.25, -0.2) is 0 Å². The van der Waals surface area contributed by atoms with Crippen LogP contribution >= 0.6 is 0 Å². The van der Waals surface area contributed by atoms with Crippen molar-refractivity contribution < 1.29 is 17.9 Å². The Hall–Kier alpha value is -1.23. The SMILES string of the molecule is CCCNC(C)(Cc1ccccc1OC)C(F)(F)F. The second kappa shape index (κ2) is 6.28. The number of para-hydroxylation sites is 1. The Bertz CT molecular complexity index is 406. The second-order valence-electron chi connectivity index (χ2n) is 4.75. The Labute approximate surface area is 112 Å². The smallest absolute Gasteiger partial charge is 0.406 e. The highest BCUT2D eigenvalue weighted by Gasteiger charge is 2.50. The van der Waals surface area contributed by atoms with Crippen LogP contribution in [0.2, 0.25) is 0 Å². The zero-order valence-corrected chi connectivity index (χ0v) is 11.5. The molecule has 0 aromatic heterocycles. The van der Waals surface area contributed by atoms with Gasteiger partial charge in [-0.3, -0.25) is 0 Å². The largest absolute Gasteiger partial charge is 0.496 e. The summed E-state index contributed by atoms with van der Waals surface area (Å²) in [7, 11) is 1.46. The van der Waals surface area contributed by atoms with E-state index >= 15 is 0 Å². The number of methoxy groups -OCH3 is 1. The third kappa shape index (κ3) is 3.86. The fourth-order valence-electron chi connectivity index (χ4n) is 1.89. The molecule has 1 unspecified atom stereocenters. The lowest BCUT2D eigenvalue weighted by molar-refractivity contribution is -0.191. The van der Waals surface area contributed by atoms with Crippen molar-refractivity contribution in [1.29, 1.82) is 0 Å². The van der Waals surface area contributed by atoms with Gasteiger partial charge in [0.15, 0.2) is 0 Å². The molecule has 0 saturated heterocycles. The molecule has 19 heavy (non-hydrogen) atoms. The molecule has 108 valence electrons. The monoisotopic (exact) mass is 275 g/mol. The summed E-state index contributed by atoms with van der Waals surface area (Å²) in [5.74, 6) is 0.483. The van der Waals surface area contributed by atoms with E-state index in [1.165, 1.54) is 14.0 Å². The summed E-state index contributed by atoms with van der Waals surface area (Å²) < 4.78 is 44.9. The van der Waals surface area contributed by atoms with E-state index in [9.17, 15) is 13.2 Å². The number of ether oxygens (including phenoxy) is 1. The van der Waals surface area contributed by atoms with Crippen LogP contribution in [0.3, 0.4) is 0 Å². The van der Waals surface area contributed by atoms with Crippen LogP contribution in [0.4, 0.5) is 13.2 Å². The quantitative estimate of drug-likeness (QED) is 0.857. The summed E-state index contributed by atoms with van der Waals surface area (Å²) in [6, 6.07) is 6.80. The van der Waals surface area contributed by atoms with Gasteiger partial charge in [-0.1, -0.05) is 25.1 Å². The molecule has 0 aliphatic carbocycles. The predicted molar refractivity (Wildman–Crippen MR) is 69.5 cm³/mol. The first-order valence-electron chi connectivity index (χ1n) is 6.27. The number of halogens is 3. The molecule has 0 fully saturated rings. The van der Waals surface area contributed by atoms with E-state index in [2.05, 4.69) is 5.32 Å². The van der Waals surface area contributed by atoms with E-state index in [0.717, 1.165) is 0 Å². The first-order chi connectivity index (χ1) is 8.84. The van der Waals surface area contributed by atoms with Crippen molar-refractivity contribution in [3.63, 3.8) is 0 Å². The number of hydrogen-bond donors (Lipinski definition) is 1. The van der Waals surface area contributed by atoms with E-state index in [0.29, 0.717) is 24.3 Å². The normalized spacial score (nSPS) is 15.1. The Morgan fingerprint density at radius 1 is 1.21 bits per heavy atom. The van der Waals surface area contributed by atoms with Crippen LogP contribution in [0.5, 0.6) is 5.75 Å². The maximum atomic E-state index is 13.2. The lowest BCUT2D eigenvalue weighted by Gasteiger charge is -2.33.